The minimum Gasteiger partial charge on any atom is -0.472 e. The Kier molecular flexibility index (Phi) is 7.72. The highest BCUT2D eigenvalue weighted by molar-refractivity contribution is 5.93. The second kappa shape index (κ2) is 11.2. The van der Waals surface area contributed by atoms with Crippen LogP contribution in [0, 0.1) is 5.82 Å². The van der Waals surface area contributed by atoms with E-state index in [1.165, 1.54) is 0 Å². The molecule has 212 valence electrons. The number of ether oxygens (including phenoxy) is 1. The van der Waals surface area contributed by atoms with Gasteiger partial charge in [0.25, 0.3) is 5.88 Å². The number of fused-ring (bicyclic) bond motifs is 1. The molecule has 2 N–H and O–H groups in total. The van der Waals surface area contributed by atoms with Crippen molar-refractivity contribution >= 4 is 22.7 Å². The average molecular weight is 559 g/mol. The summed E-state index contributed by atoms with van der Waals surface area (Å²) in [6, 6.07) is 2.75. The number of nitrogens with one attached hydrogen (secondary N) is 2. The van der Waals surface area contributed by atoms with Gasteiger partial charge < -0.3 is 15.4 Å². The number of hydrogen-bond donors (Lipinski definition) is 2. The van der Waals surface area contributed by atoms with Crippen LogP contribution in [-0.4, -0.2) is 48.4 Å². The van der Waals surface area contributed by atoms with Gasteiger partial charge in [-0.05, 0) is 52.5 Å². The Labute approximate surface area is 228 Å². The molecule has 1 fully saturated rings. The van der Waals surface area contributed by atoms with E-state index in [9.17, 15) is 17.6 Å². The Morgan fingerprint density at radius 2 is 1.77 bits per heavy atom. The lowest BCUT2D eigenvalue weighted by atomic mass is 9.93. The molecule has 0 saturated heterocycles. The second-order valence-electron chi connectivity index (χ2n) is 10.0. The molecule has 0 unspecified atom stereocenters. The highest BCUT2D eigenvalue weighted by Gasteiger charge is 2.36. The molecule has 5 rings (SSSR count). The van der Waals surface area contributed by atoms with Gasteiger partial charge >= 0.3 is 6.18 Å². The monoisotopic (exact) mass is 558 g/mol. The van der Waals surface area contributed by atoms with Gasteiger partial charge in [0, 0.05) is 54.4 Å². The molecule has 0 aromatic carbocycles. The first-order chi connectivity index (χ1) is 19.1. The van der Waals surface area contributed by atoms with Crippen LogP contribution in [0.1, 0.15) is 58.1 Å². The lowest BCUT2D eigenvalue weighted by Crippen LogP contribution is -2.27. The lowest BCUT2D eigenvalue weighted by molar-refractivity contribution is -0.140. The zero-order valence-corrected chi connectivity index (χ0v) is 22.3. The fourth-order valence-corrected chi connectivity index (χ4v) is 4.88. The molecule has 0 bridgehead atoms. The third-order valence-corrected chi connectivity index (χ3v) is 6.72. The molecule has 0 aliphatic heterocycles. The van der Waals surface area contributed by atoms with Crippen LogP contribution < -0.4 is 15.4 Å². The molecular weight excluding hydrogens is 528 g/mol. The summed E-state index contributed by atoms with van der Waals surface area (Å²) in [6.07, 6.45) is 3.13. The number of halogens is 4. The zero-order chi connectivity index (χ0) is 28.4. The van der Waals surface area contributed by atoms with Crippen LogP contribution in [0.3, 0.4) is 0 Å². The average Bonchev–Trinajstić information content (AvgIpc) is 3.29. The molecule has 4 aromatic rings. The summed E-state index contributed by atoms with van der Waals surface area (Å²) in [5.41, 5.74) is 0.957. The van der Waals surface area contributed by atoms with E-state index in [0.717, 1.165) is 28.5 Å². The molecule has 1 aliphatic carbocycles. The number of pyridine rings is 2. The minimum atomic E-state index is -4.82. The van der Waals surface area contributed by atoms with E-state index in [1.54, 1.807) is 18.6 Å². The maximum Gasteiger partial charge on any atom is 0.419 e. The predicted octanol–water partition coefficient (Wildman–Crippen LogP) is 6.26. The molecule has 0 radical (unpaired) electrons. The van der Waals surface area contributed by atoms with Gasteiger partial charge in [-0.25, -0.2) is 24.3 Å². The van der Waals surface area contributed by atoms with Crippen LogP contribution in [0.2, 0.25) is 0 Å². The van der Waals surface area contributed by atoms with Crippen molar-refractivity contribution in [2.24, 2.45) is 0 Å². The number of nitrogens with zero attached hydrogens (tertiary/aromatic N) is 6. The van der Waals surface area contributed by atoms with Crippen LogP contribution in [0.4, 0.5) is 29.3 Å². The fourth-order valence-electron chi connectivity index (χ4n) is 4.88. The Balaban J connectivity index is 1.39. The number of rotatable bonds is 8. The predicted molar refractivity (Wildman–Crippen MR) is 143 cm³/mol. The third kappa shape index (κ3) is 5.77. The number of anilines is 2. The number of hydrogen-bond acceptors (Lipinski definition) is 8. The Hall–Kier alpha value is -4.03. The summed E-state index contributed by atoms with van der Waals surface area (Å²) in [4.78, 5) is 17.1. The van der Waals surface area contributed by atoms with E-state index in [0.29, 0.717) is 49.9 Å². The lowest BCUT2D eigenvalue weighted by Gasteiger charge is -2.29. The van der Waals surface area contributed by atoms with Gasteiger partial charge in [-0.2, -0.15) is 18.3 Å². The van der Waals surface area contributed by atoms with Gasteiger partial charge in [-0.1, -0.05) is 0 Å². The molecule has 40 heavy (non-hydrogen) atoms. The van der Waals surface area contributed by atoms with Gasteiger partial charge in [-0.15, -0.1) is 0 Å². The first-order valence-electron chi connectivity index (χ1n) is 13.2. The quantitative estimate of drug-likeness (QED) is 0.245. The normalized spacial score (nSPS) is 17.8. The summed E-state index contributed by atoms with van der Waals surface area (Å²) in [7, 11) is 0. The second-order valence-corrected chi connectivity index (χ2v) is 10.0. The Bertz CT molecular complexity index is 1460. The fraction of sp³-hybridized carbons (Fsp3) is 0.444. The summed E-state index contributed by atoms with van der Waals surface area (Å²) < 4.78 is 61.3. The molecule has 1 aliphatic rings. The first kappa shape index (κ1) is 27.5. The van der Waals surface area contributed by atoms with Crippen LogP contribution in [0.15, 0.2) is 36.9 Å². The molecule has 0 spiro atoms. The van der Waals surface area contributed by atoms with E-state index in [4.69, 9.17) is 9.84 Å². The maximum absolute atomic E-state index is 14.4. The van der Waals surface area contributed by atoms with Gasteiger partial charge in [-0.3, -0.25) is 4.68 Å². The molecule has 0 atom stereocenters. The van der Waals surface area contributed by atoms with E-state index >= 15 is 0 Å². The van der Waals surface area contributed by atoms with E-state index < -0.39 is 29.5 Å². The van der Waals surface area contributed by atoms with E-state index in [-0.39, 0.29) is 12.1 Å². The minimum absolute atomic E-state index is 0.00455. The van der Waals surface area contributed by atoms with Crippen molar-refractivity contribution in [2.75, 3.05) is 17.2 Å². The molecule has 0 amide bonds. The standard InChI is InChI=1S/C27H30F4N8O/c1-4-32-22-11-21-19(14-34-22)24(16-12-35-26(36-13-16)37-15(2)3)38-39(21)17-5-7-18(8-6-17)40-25-23(28)20(9-10-33-25)27(29,30)31/h9-15,17-18H,4-8H2,1-3H3,(H,32,34)(H,35,36,37). The van der Waals surface area contributed by atoms with Crippen LogP contribution >= 0.6 is 0 Å². The summed E-state index contributed by atoms with van der Waals surface area (Å²) in [5, 5.41) is 12.2. The topological polar surface area (TPSA) is 103 Å². The van der Waals surface area contributed by atoms with Crippen molar-refractivity contribution in [1.29, 1.82) is 0 Å². The summed E-state index contributed by atoms with van der Waals surface area (Å²) in [5.74, 6) is -0.861. The van der Waals surface area contributed by atoms with Gasteiger partial charge in [0.15, 0.2) is 5.82 Å². The third-order valence-electron chi connectivity index (χ3n) is 6.72. The number of alkyl halides is 3. The van der Waals surface area contributed by atoms with Gasteiger partial charge in [0.2, 0.25) is 5.95 Å². The van der Waals surface area contributed by atoms with Crippen molar-refractivity contribution < 1.29 is 22.3 Å². The van der Waals surface area contributed by atoms with E-state index in [2.05, 4.69) is 30.6 Å². The Morgan fingerprint density at radius 3 is 2.42 bits per heavy atom. The van der Waals surface area contributed by atoms with Crippen molar-refractivity contribution in [3.63, 3.8) is 0 Å². The van der Waals surface area contributed by atoms with Crippen molar-refractivity contribution in [3.05, 3.63) is 48.3 Å². The van der Waals surface area contributed by atoms with Crippen LogP contribution in [0.5, 0.6) is 5.88 Å². The molecule has 4 heterocycles. The molecule has 1 saturated carbocycles. The van der Waals surface area contributed by atoms with Crippen molar-refractivity contribution in [3.8, 4) is 17.1 Å². The SMILES string of the molecule is CCNc1cc2c(cn1)c(-c1cnc(NC(C)C)nc1)nn2C1CCC(Oc2nccc(C(F)(F)F)c2F)CC1. The smallest absolute Gasteiger partial charge is 0.419 e. The highest BCUT2D eigenvalue weighted by Crippen LogP contribution is 2.38. The van der Waals surface area contributed by atoms with Gasteiger partial charge in [0.05, 0.1) is 17.1 Å². The van der Waals surface area contributed by atoms with Crippen LogP contribution in [0.25, 0.3) is 22.2 Å². The zero-order valence-electron chi connectivity index (χ0n) is 22.3. The number of aromatic nitrogens is 6. The molecular formula is C27H30F4N8O. The molecule has 9 nitrogen and oxygen atoms in total. The van der Waals surface area contributed by atoms with Gasteiger partial charge in [0.1, 0.15) is 17.6 Å². The first-order valence-corrected chi connectivity index (χ1v) is 13.2. The highest BCUT2D eigenvalue weighted by atomic mass is 19.4. The van der Waals surface area contributed by atoms with Crippen molar-refractivity contribution in [1.82, 2.24) is 29.7 Å². The maximum atomic E-state index is 14.4. The van der Waals surface area contributed by atoms with Crippen molar-refractivity contribution in [2.45, 2.75) is 70.8 Å². The van der Waals surface area contributed by atoms with Crippen LogP contribution in [-0.2, 0) is 6.18 Å². The molecule has 4 aromatic heterocycles. The van der Waals surface area contributed by atoms with E-state index in [1.807, 2.05) is 31.5 Å². The summed E-state index contributed by atoms with van der Waals surface area (Å²) >= 11 is 0. The Morgan fingerprint density at radius 1 is 1.05 bits per heavy atom. The molecule has 13 heteroatoms. The largest absolute Gasteiger partial charge is 0.472 e. The summed E-state index contributed by atoms with van der Waals surface area (Å²) in [6.45, 7) is 6.71.